The third kappa shape index (κ3) is 3.91. The van der Waals surface area contributed by atoms with E-state index in [2.05, 4.69) is 16.0 Å². The molecule has 1 aromatic heterocycles. The van der Waals surface area contributed by atoms with E-state index in [4.69, 9.17) is 15.2 Å². The summed E-state index contributed by atoms with van der Waals surface area (Å²) in [6.07, 6.45) is 4.12. The van der Waals surface area contributed by atoms with E-state index >= 15 is 0 Å². The number of hydrogen-bond donors (Lipinski definition) is 1. The Labute approximate surface area is 121 Å². The molecule has 1 aliphatic heterocycles. The predicted molar refractivity (Wildman–Crippen MR) is 79.6 cm³/mol. The van der Waals surface area contributed by atoms with Crippen LogP contribution < -0.4 is 5.73 Å². The molecular formula is C15H25N3O2. The van der Waals surface area contributed by atoms with Gasteiger partial charge in [-0.1, -0.05) is 0 Å². The van der Waals surface area contributed by atoms with E-state index in [0.717, 1.165) is 31.6 Å². The predicted octanol–water partition coefficient (Wildman–Crippen LogP) is 1.63. The molecule has 0 aliphatic carbocycles. The number of ether oxygens (including phenoxy) is 2. The van der Waals surface area contributed by atoms with Crippen LogP contribution in [0.5, 0.6) is 0 Å². The summed E-state index contributed by atoms with van der Waals surface area (Å²) < 4.78 is 10.9. The van der Waals surface area contributed by atoms with Gasteiger partial charge in [-0.15, -0.1) is 0 Å². The lowest BCUT2D eigenvalue weighted by Gasteiger charge is -2.29. The van der Waals surface area contributed by atoms with Gasteiger partial charge >= 0.3 is 0 Å². The first-order chi connectivity index (χ1) is 9.60. The average Bonchev–Trinajstić information content (AvgIpc) is 2.41. The van der Waals surface area contributed by atoms with Crippen LogP contribution in [0.15, 0.2) is 12.3 Å². The lowest BCUT2D eigenvalue weighted by molar-refractivity contribution is -0.0360. The fourth-order valence-electron chi connectivity index (χ4n) is 2.71. The minimum atomic E-state index is 0.189. The third-order valence-electron chi connectivity index (χ3n) is 3.70. The smallest absolute Gasteiger partial charge is 0.127 e. The summed E-state index contributed by atoms with van der Waals surface area (Å²) in [6.45, 7) is 2.26. The number of nitrogens with two attached hydrogens (primary N) is 1. The summed E-state index contributed by atoms with van der Waals surface area (Å²) in [5.74, 6) is 1.11. The Hall–Kier alpha value is -1.17. The molecule has 0 saturated carbocycles. The molecule has 1 fully saturated rings. The molecule has 1 aromatic rings. The molecule has 112 valence electrons. The largest absolute Gasteiger partial charge is 0.383 e. The van der Waals surface area contributed by atoms with Crippen LogP contribution in [0.3, 0.4) is 0 Å². The molecule has 0 bridgehead atoms. The van der Waals surface area contributed by atoms with Gasteiger partial charge in [-0.2, -0.15) is 0 Å². The van der Waals surface area contributed by atoms with E-state index in [1.54, 1.807) is 7.11 Å². The van der Waals surface area contributed by atoms with Gasteiger partial charge in [-0.25, -0.2) is 4.98 Å². The maximum Gasteiger partial charge on any atom is 0.127 e. The molecule has 2 atom stereocenters. The monoisotopic (exact) mass is 279 g/mol. The lowest BCUT2D eigenvalue weighted by atomic mass is 9.89. The molecule has 0 radical (unpaired) electrons. The number of rotatable bonds is 5. The molecule has 5 heteroatoms. The van der Waals surface area contributed by atoms with Crippen molar-refractivity contribution in [1.82, 2.24) is 9.88 Å². The number of methoxy groups -OCH3 is 1. The molecule has 5 nitrogen and oxygen atoms in total. The highest BCUT2D eigenvalue weighted by molar-refractivity contribution is 5.41. The number of hydrogen-bond acceptors (Lipinski definition) is 5. The fourth-order valence-corrected chi connectivity index (χ4v) is 2.71. The SMILES string of the molecule is COCC1CC(c2cnc(N)c(CN(C)C)c2)CCO1. The second-order valence-corrected chi connectivity index (χ2v) is 5.72. The second-order valence-electron chi connectivity index (χ2n) is 5.72. The average molecular weight is 279 g/mol. The topological polar surface area (TPSA) is 60.6 Å². The number of aromatic nitrogens is 1. The number of pyridine rings is 1. The van der Waals surface area contributed by atoms with Crippen molar-refractivity contribution in [3.63, 3.8) is 0 Å². The van der Waals surface area contributed by atoms with Crippen LogP contribution in [0.1, 0.15) is 29.9 Å². The van der Waals surface area contributed by atoms with Crippen LogP contribution in [-0.4, -0.2) is 50.4 Å². The van der Waals surface area contributed by atoms with E-state index in [9.17, 15) is 0 Å². The zero-order valence-electron chi connectivity index (χ0n) is 12.6. The van der Waals surface area contributed by atoms with Gasteiger partial charge in [-0.05, 0) is 44.5 Å². The first kappa shape index (κ1) is 15.2. The van der Waals surface area contributed by atoms with Crippen molar-refractivity contribution >= 4 is 5.82 Å². The highest BCUT2D eigenvalue weighted by atomic mass is 16.5. The van der Waals surface area contributed by atoms with Gasteiger partial charge in [0, 0.05) is 32.0 Å². The Morgan fingerprint density at radius 2 is 2.30 bits per heavy atom. The fraction of sp³-hybridized carbons (Fsp3) is 0.667. The number of anilines is 1. The summed E-state index contributed by atoms with van der Waals surface area (Å²) in [4.78, 5) is 6.46. The number of nitrogen functional groups attached to an aromatic ring is 1. The zero-order valence-corrected chi connectivity index (χ0v) is 12.6. The van der Waals surface area contributed by atoms with Crippen LogP contribution in [0.2, 0.25) is 0 Å². The van der Waals surface area contributed by atoms with Crippen molar-refractivity contribution in [2.24, 2.45) is 0 Å². The van der Waals surface area contributed by atoms with Gasteiger partial charge in [0.1, 0.15) is 5.82 Å². The van der Waals surface area contributed by atoms with Gasteiger partial charge in [-0.3, -0.25) is 0 Å². The number of nitrogens with zero attached hydrogens (tertiary/aromatic N) is 2. The van der Waals surface area contributed by atoms with Crippen LogP contribution in [0.25, 0.3) is 0 Å². The third-order valence-corrected chi connectivity index (χ3v) is 3.70. The van der Waals surface area contributed by atoms with Crippen molar-refractivity contribution in [1.29, 1.82) is 0 Å². The van der Waals surface area contributed by atoms with E-state index in [1.807, 2.05) is 20.3 Å². The minimum Gasteiger partial charge on any atom is -0.383 e. The molecule has 20 heavy (non-hydrogen) atoms. The zero-order chi connectivity index (χ0) is 14.5. The summed E-state index contributed by atoms with van der Waals surface area (Å²) in [7, 11) is 5.79. The summed E-state index contributed by atoms with van der Waals surface area (Å²) in [5, 5.41) is 0. The first-order valence-electron chi connectivity index (χ1n) is 7.09. The Kier molecular flexibility index (Phi) is 5.34. The first-order valence-corrected chi connectivity index (χ1v) is 7.09. The standard InChI is InChI=1S/C15H25N3O2/c1-18(2)9-13-6-12(8-17-15(13)16)11-4-5-20-14(7-11)10-19-3/h6,8,11,14H,4-5,7,9-10H2,1-3H3,(H2,16,17). The molecule has 2 N–H and O–H groups in total. The van der Waals surface area contributed by atoms with E-state index in [0.29, 0.717) is 18.3 Å². The van der Waals surface area contributed by atoms with Gasteiger partial charge in [0.2, 0.25) is 0 Å². The van der Waals surface area contributed by atoms with Crippen molar-refractivity contribution in [2.45, 2.75) is 31.4 Å². The molecular weight excluding hydrogens is 254 g/mol. The summed E-state index contributed by atoms with van der Waals surface area (Å²) >= 11 is 0. The van der Waals surface area contributed by atoms with Crippen LogP contribution in [-0.2, 0) is 16.0 Å². The van der Waals surface area contributed by atoms with E-state index < -0.39 is 0 Å². The van der Waals surface area contributed by atoms with Crippen LogP contribution in [0.4, 0.5) is 5.82 Å². The van der Waals surface area contributed by atoms with Crippen molar-refractivity contribution < 1.29 is 9.47 Å². The molecule has 0 amide bonds. The van der Waals surface area contributed by atoms with Crippen molar-refractivity contribution in [3.05, 3.63) is 23.4 Å². The summed E-state index contributed by atoms with van der Waals surface area (Å²) in [6, 6.07) is 2.20. The van der Waals surface area contributed by atoms with E-state index in [1.165, 1.54) is 5.56 Å². The quantitative estimate of drug-likeness (QED) is 0.887. The van der Waals surface area contributed by atoms with Gasteiger partial charge in [0.25, 0.3) is 0 Å². The van der Waals surface area contributed by atoms with Crippen molar-refractivity contribution in [2.75, 3.05) is 40.2 Å². The molecule has 0 aromatic carbocycles. The summed E-state index contributed by atoms with van der Waals surface area (Å²) in [5.41, 5.74) is 8.32. The molecule has 1 saturated heterocycles. The van der Waals surface area contributed by atoms with Crippen molar-refractivity contribution in [3.8, 4) is 0 Å². The normalized spacial score (nSPS) is 23.2. The lowest BCUT2D eigenvalue weighted by Crippen LogP contribution is -2.28. The Morgan fingerprint density at radius 1 is 1.50 bits per heavy atom. The van der Waals surface area contributed by atoms with Gasteiger partial charge in [0.05, 0.1) is 12.7 Å². The minimum absolute atomic E-state index is 0.189. The molecule has 2 unspecified atom stereocenters. The van der Waals surface area contributed by atoms with E-state index in [-0.39, 0.29) is 6.10 Å². The highest BCUT2D eigenvalue weighted by Gasteiger charge is 2.24. The Bertz CT molecular complexity index is 435. The van der Waals surface area contributed by atoms with Gasteiger partial charge < -0.3 is 20.1 Å². The Morgan fingerprint density at radius 3 is 3.00 bits per heavy atom. The molecule has 2 rings (SSSR count). The Balaban J connectivity index is 2.11. The second kappa shape index (κ2) is 7.02. The highest BCUT2D eigenvalue weighted by Crippen LogP contribution is 2.31. The van der Waals surface area contributed by atoms with Crippen LogP contribution >= 0.6 is 0 Å². The molecule has 2 heterocycles. The molecule has 1 aliphatic rings. The maximum atomic E-state index is 5.96. The maximum absolute atomic E-state index is 5.96. The molecule has 0 spiro atoms. The van der Waals surface area contributed by atoms with Gasteiger partial charge in [0.15, 0.2) is 0 Å². The van der Waals surface area contributed by atoms with Crippen LogP contribution in [0, 0.1) is 0 Å².